The van der Waals surface area contributed by atoms with Crippen LogP contribution in [0.4, 0.5) is 11.4 Å². The number of carbonyl (C=O) groups is 1. The second-order valence-electron chi connectivity index (χ2n) is 6.34. The largest absolute Gasteiger partial charge is 0.370 e. The number of halogens is 1. The predicted molar refractivity (Wildman–Crippen MR) is 87.0 cm³/mol. The standard InChI is InChI=1S/C16H22ClN3O/c1-9(2)10-4-5-20(8-10)14-7-13-11(6-12(14)17)15(18-3)16(21)19-13/h6-7,9-10,15,18H,4-5,8H2,1-3H3,(H,19,21). The second-order valence-corrected chi connectivity index (χ2v) is 6.75. The monoisotopic (exact) mass is 307 g/mol. The Hall–Kier alpha value is -1.26. The smallest absolute Gasteiger partial charge is 0.246 e. The van der Waals surface area contributed by atoms with Gasteiger partial charge in [-0.1, -0.05) is 25.4 Å². The third-order valence-corrected chi connectivity index (χ3v) is 5.05. The zero-order valence-electron chi connectivity index (χ0n) is 12.7. The predicted octanol–water partition coefficient (Wildman–Crippen LogP) is 3.03. The number of amides is 1. The van der Waals surface area contributed by atoms with Crippen LogP contribution in [-0.4, -0.2) is 26.0 Å². The maximum absolute atomic E-state index is 11.9. The topological polar surface area (TPSA) is 44.4 Å². The summed E-state index contributed by atoms with van der Waals surface area (Å²) >= 11 is 6.48. The number of likely N-dealkylation sites (N-methyl/N-ethyl adjacent to an activating group) is 1. The van der Waals surface area contributed by atoms with Gasteiger partial charge in [-0.2, -0.15) is 0 Å². The molecule has 2 heterocycles. The number of nitrogens with one attached hydrogen (secondary N) is 2. The summed E-state index contributed by atoms with van der Waals surface area (Å²) in [5.74, 6) is 1.40. The lowest BCUT2D eigenvalue weighted by molar-refractivity contribution is -0.117. The lowest BCUT2D eigenvalue weighted by Gasteiger charge is -2.22. The highest BCUT2D eigenvalue weighted by Crippen LogP contribution is 2.40. The molecule has 0 saturated carbocycles. The minimum atomic E-state index is -0.298. The van der Waals surface area contributed by atoms with E-state index in [-0.39, 0.29) is 11.9 Å². The molecule has 2 atom stereocenters. The maximum Gasteiger partial charge on any atom is 0.246 e. The molecule has 0 bridgehead atoms. The van der Waals surface area contributed by atoms with Crippen LogP contribution >= 0.6 is 11.6 Å². The molecule has 0 aliphatic carbocycles. The second kappa shape index (κ2) is 5.50. The zero-order chi connectivity index (χ0) is 15.1. The first-order chi connectivity index (χ1) is 10.0. The fourth-order valence-electron chi connectivity index (χ4n) is 3.35. The van der Waals surface area contributed by atoms with Crippen molar-refractivity contribution in [3.05, 3.63) is 22.7 Å². The molecule has 1 aromatic carbocycles. The minimum absolute atomic E-state index is 0.0119. The summed E-state index contributed by atoms with van der Waals surface area (Å²) in [6.45, 7) is 6.62. The third-order valence-electron chi connectivity index (χ3n) is 4.75. The van der Waals surface area contributed by atoms with E-state index in [0.29, 0.717) is 11.8 Å². The Morgan fingerprint density at radius 2 is 2.19 bits per heavy atom. The maximum atomic E-state index is 11.9. The van der Waals surface area contributed by atoms with Crippen LogP contribution in [0.5, 0.6) is 0 Å². The normalized spacial score (nSPS) is 24.6. The Kier molecular flexibility index (Phi) is 3.84. The Balaban J connectivity index is 1.89. The van der Waals surface area contributed by atoms with E-state index in [1.807, 2.05) is 12.1 Å². The van der Waals surface area contributed by atoms with E-state index in [9.17, 15) is 4.79 Å². The third kappa shape index (κ3) is 2.51. The minimum Gasteiger partial charge on any atom is -0.370 e. The van der Waals surface area contributed by atoms with Gasteiger partial charge in [-0.05, 0) is 37.4 Å². The van der Waals surface area contributed by atoms with Crippen molar-refractivity contribution in [1.82, 2.24) is 5.32 Å². The van der Waals surface area contributed by atoms with Crippen LogP contribution in [0.15, 0.2) is 12.1 Å². The van der Waals surface area contributed by atoms with E-state index >= 15 is 0 Å². The summed E-state index contributed by atoms with van der Waals surface area (Å²) in [5, 5.41) is 6.69. The van der Waals surface area contributed by atoms with E-state index in [2.05, 4.69) is 29.4 Å². The van der Waals surface area contributed by atoms with Crippen molar-refractivity contribution in [3.8, 4) is 0 Å². The van der Waals surface area contributed by atoms with Gasteiger partial charge in [0.15, 0.2) is 0 Å². The molecule has 2 N–H and O–H groups in total. The van der Waals surface area contributed by atoms with Gasteiger partial charge in [-0.3, -0.25) is 4.79 Å². The van der Waals surface area contributed by atoms with Crippen molar-refractivity contribution in [3.63, 3.8) is 0 Å². The number of rotatable bonds is 3. The first-order valence-electron chi connectivity index (χ1n) is 7.57. The highest BCUT2D eigenvalue weighted by molar-refractivity contribution is 6.33. The van der Waals surface area contributed by atoms with Crippen molar-refractivity contribution in [1.29, 1.82) is 0 Å². The van der Waals surface area contributed by atoms with Gasteiger partial charge >= 0.3 is 0 Å². The number of benzene rings is 1. The van der Waals surface area contributed by atoms with Crippen molar-refractivity contribution >= 4 is 28.9 Å². The summed E-state index contributed by atoms with van der Waals surface area (Å²) in [4.78, 5) is 14.3. The first kappa shape index (κ1) is 14.7. The van der Waals surface area contributed by atoms with Crippen LogP contribution in [0.3, 0.4) is 0 Å². The quantitative estimate of drug-likeness (QED) is 0.902. The molecule has 0 radical (unpaired) electrons. The molecule has 0 aromatic heterocycles. The fraction of sp³-hybridized carbons (Fsp3) is 0.562. The van der Waals surface area contributed by atoms with Crippen molar-refractivity contribution < 1.29 is 4.79 Å². The zero-order valence-corrected chi connectivity index (χ0v) is 13.5. The summed E-state index contributed by atoms with van der Waals surface area (Å²) < 4.78 is 0. The number of anilines is 2. The van der Waals surface area contributed by atoms with Crippen LogP contribution in [0, 0.1) is 11.8 Å². The lowest BCUT2D eigenvalue weighted by atomic mass is 9.95. The number of hydrogen-bond donors (Lipinski definition) is 2. The molecule has 4 nitrogen and oxygen atoms in total. The van der Waals surface area contributed by atoms with Gasteiger partial charge in [-0.15, -0.1) is 0 Å². The molecule has 1 fully saturated rings. The molecule has 2 aliphatic heterocycles. The average molecular weight is 308 g/mol. The molecule has 1 amide bonds. The van der Waals surface area contributed by atoms with E-state index in [1.165, 1.54) is 6.42 Å². The molecular weight excluding hydrogens is 286 g/mol. The van der Waals surface area contributed by atoms with E-state index in [4.69, 9.17) is 11.6 Å². The van der Waals surface area contributed by atoms with Crippen molar-refractivity contribution in [2.75, 3.05) is 30.4 Å². The molecule has 114 valence electrons. The lowest BCUT2D eigenvalue weighted by Crippen LogP contribution is -2.23. The summed E-state index contributed by atoms with van der Waals surface area (Å²) in [6, 6.07) is 3.65. The van der Waals surface area contributed by atoms with Crippen LogP contribution in [-0.2, 0) is 4.79 Å². The Bertz CT molecular complexity index is 573. The molecule has 3 rings (SSSR count). The average Bonchev–Trinajstić information content (AvgIpc) is 3.01. The summed E-state index contributed by atoms with van der Waals surface area (Å²) in [5.41, 5.74) is 2.86. The van der Waals surface area contributed by atoms with Gasteiger partial charge in [0.25, 0.3) is 0 Å². The first-order valence-corrected chi connectivity index (χ1v) is 7.95. The molecule has 1 saturated heterocycles. The summed E-state index contributed by atoms with van der Waals surface area (Å²) in [6.07, 6.45) is 1.20. The van der Waals surface area contributed by atoms with Crippen molar-refractivity contribution in [2.45, 2.75) is 26.3 Å². The van der Waals surface area contributed by atoms with Gasteiger partial charge in [0.05, 0.1) is 10.7 Å². The molecular formula is C16H22ClN3O. The summed E-state index contributed by atoms with van der Waals surface area (Å²) in [7, 11) is 1.79. The molecule has 2 aliphatic rings. The van der Waals surface area contributed by atoms with E-state index in [1.54, 1.807) is 7.05 Å². The van der Waals surface area contributed by atoms with Gasteiger partial charge in [0.1, 0.15) is 6.04 Å². The van der Waals surface area contributed by atoms with E-state index in [0.717, 1.165) is 35.1 Å². The molecule has 5 heteroatoms. The Morgan fingerprint density at radius 1 is 1.43 bits per heavy atom. The van der Waals surface area contributed by atoms with Crippen LogP contribution in [0.2, 0.25) is 5.02 Å². The van der Waals surface area contributed by atoms with Gasteiger partial charge < -0.3 is 15.5 Å². The molecule has 2 unspecified atom stereocenters. The highest BCUT2D eigenvalue weighted by atomic mass is 35.5. The molecule has 21 heavy (non-hydrogen) atoms. The molecule has 0 spiro atoms. The fourth-order valence-corrected chi connectivity index (χ4v) is 3.64. The van der Waals surface area contributed by atoms with Gasteiger partial charge in [0, 0.05) is 24.3 Å². The highest BCUT2D eigenvalue weighted by Gasteiger charge is 2.32. The van der Waals surface area contributed by atoms with Gasteiger partial charge in [0.2, 0.25) is 5.91 Å². The van der Waals surface area contributed by atoms with Gasteiger partial charge in [-0.25, -0.2) is 0 Å². The van der Waals surface area contributed by atoms with Crippen LogP contribution < -0.4 is 15.5 Å². The van der Waals surface area contributed by atoms with E-state index < -0.39 is 0 Å². The van der Waals surface area contributed by atoms with Crippen LogP contribution in [0.1, 0.15) is 31.9 Å². The number of hydrogen-bond acceptors (Lipinski definition) is 3. The molecule has 1 aromatic rings. The van der Waals surface area contributed by atoms with Crippen LogP contribution in [0.25, 0.3) is 0 Å². The van der Waals surface area contributed by atoms with Crippen molar-refractivity contribution in [2.24, 2.45) is 11.8 Å². The Labute approximate surface area is 130 Å². The number of carbonyl (C=O) groups excluding carboxylic acids is 1. The number of nitrogens with zero attached hydrogens (tertiary/aromatic N) is 1. The SMILES string of the molecule is CNC1C(=O)Nc2cc(N3CCC(C(C)C)C3)c(Cl)cc21. The number of fused-ring (bicyclic) bond motifs is 1. The Morgan fingerprint density at radius 3 is 2.81 bits per heavy atom.